The van der Waals surface area contributed by atoms with Gasteiger partial charge in [0.1, 0.15) is 0 Å². The zero-order valence-electron chi connectivity index (χ0n) is 11.3. The smallest absolute Gasteiger partial charge is 0.161 e. The average molecular weight is 271 g/mol. The average Bonchev–Trinajstić information content (AvgIpc) is 2.15. The van der Waals surface area contributed by atoms with Crippen LogP contribution in [0.4, 0.5) is 0 Å². The molecule has 0 nitrogen and oxygen atoms in total. The van der Waals surface area contributed by atoms with Crippen LogP contribution in [0.25, 0.3) is 0 Å². The van der Waals surface area contributed by atoms with Gasteiger partial charge in [0.25, 0.3) is 0 Å². The van der Waals surface area contributed by atoms with Crippen LogP contribution in [0.15, 0.2) is 18.2 Å². The van der Waals surface area contributed by atoms with Gasteiger partial charge in [0.2, 0.25) is 0 Å². The molecule has 1 unspecified atom stereocenters. The van der Waals surface area contributed by atoms with E-state index in [0.717, 1.165) is 6.04 Å². The predicted octanol–water partition coefficient (Wildman–Crippen LogP) is 3.58. The third-order valence-electron chi connectivity index (χ3n) is 3.21. The molecule has 0 aliphatic carbocycles. The largest absolute Gasteiger partial charge is 0.183 e. The standard InChI is InChI=1S/C13H23ClSi2/c1-7-16(6,14)13-9-11(2)8-12(10-13)15(3,4)5/h8-10H,7H2,1-6H3. The van der Waals surface area contributed by atoms with Crippen LogP contribution in [0.2, 0.25) is 32.2 Å². The molecule has 1 atom stereocenters. The summed E-state index contributed by atoms with van der Waals surface area (Å²) in [6, 6.07) is 8.10. The van der Waals surface area contributed by atoms with Crippen LogP contribution in [-0.4, -0.2) is 15.5 Å². The van der Waals surface area contributed by atoms with Crippen LogP contribution >= 0.6 is 11.1 Å². The zero-order chi connectivity index (χ0) is 12.6. The summed E-state index contributed by atoms with van der Waals surface area (Å²) < 4.78 is 0. The molecule has 0 aliphatic rings. The molecule has 0 N–H and O–H groups in total. The number of rotatable bonds is 3. The first-order valence-electron chi connectivity index (χ1n) is 5.98. The topological polar surface area (TPSA) is 0 Å². The normalized spacial score (nSPS) is 15.9. The summed E-state index contributed by atoms with van der Waals surface area (Å²) in [6.45, 7) is 13.8. The van der Waals surface area contributed by atoms with Crippen molar-refractivity contribution >= 4 is 36.9 Å². The van der Waals surface area contributed by atoms with Crippen LogP contribution in [0, 0.1) is 6.92 Å². The summed E-state index contributed by atoms with van der Waals surface area (Å²) in [7, 11) is -2.92. The molecule has 1 aromatic carbocycles. The van der Waals surface area contributed by atoms with E-state index in [-0.39, 0.29) is 0 Å². The van der Waals surface area contributed by atoms with Gasteiger partial charge in [-0.1, -0.05) is 62.1 Å². The molecule has 0 saturated heterocycles. The van der Waals surface area contributed by atoms with Gasteiger partial charge in [-0.05, 0) is 18.2 Å². The van der Waals surface area contributed by atoms with E-state index in [1.807, 2.05) is 0 Å². The molecule has 90 valence electrons. The summed E-state index contributed by atoms with van der Waals surface area (Å²) in [5.41, 5.74) is 1.36. The summed E-state index contributed by atoms with van der Waals surface area (Å²) in [4.78, 5) is 0. The summed E-state index contributed by atoms with van der Waals surface area (Å²) in [6.07, 6.45) is 0. The van der Waals surface area contributed by atoms with E-state index < -0.39 is 15.5 Å². The van der Waals surface area contributed by atoms with Gasteiger partial charge in [0.15, 0.2) is 7.38 Å². The maximum absolute atomic E-state index is 6.69. The zero-order valence-corrected chi connectivity index (χ0v) is 14.1. The highest BCUT2D eigenvalue weighted by atomic mass is 35.6. The third-order valence-corrected chi connectivity index (χ3v) is 9.51. The summed E-state index contributed by atoms with van der Waals surface area (Å²) in [5.74, 6) is 0. The number of hydrogen-bond acceptors (Lipinski definition) is 0. The lowest BCUT2D eigenvalue weighted by Crippen LogP contribution is -2.45. The molecule has 0 radical (unpaired) electrons. The van der Waals surface area contributed by atoms with E-state index >= 15 is 0 Å². The second-order valence-corrected chi connectivity index (χ2v) is 17.1. The Hall–Kier alpha value is -0.0562. The highest BCUT2D eigenvalue weighted by molar-refractivity contribution is 7.26. The first-order valence-corrected chi connectivity index (χ1v) is 13.2. The molecule has 0 amide bonds. The van der Waals surface area contributed by atoms with Crippen molar-refractivity contribution in [3.05, 3.63) is 23.8 Å². The number of halogens is 1. The van der Waals surface area contributed by atoms with Crippen molar-refractivity contribution in [1.82, 2.24) is 0 Å². The van der Waals surface area contributed by atoms with Crippen molar-refractivity contribution in [2.24, 2.45) is 0 Å². The fourth-order valence-corrected chi connectivity index (χ4v) is 4.84. The summed E-state index contributed by atoms with van der Waals surface area (Å²) >= 11 is 6.69. The Morgan fingerprint density at radius 3 is 1.94 bits per heavy atom. The van der Waals surface area contributed by atoms with E-state index in [9.17, 15) is 0 Å². The number of benzene rings is 1. The third kappa shape index (κ3) is 3.22. The molecular weight excluding hydrogens is 248 g/mol. The molecule has 0 saturated carbocycles. The lowest BCUT2D eigenvalue weighted by molar-refractivity contribution is 1.40. The molecule has 0 spiro atoms. The highest BCUT2D eigenvalue weighted by Crippen LogP contribution is 2.15. The van der Waals surface area contributed by atoms with Crippen molar-refractivity contribution < 1.29 is 0 Å². The Labute approximate surface area is 107 Å². The Morgan fingerprint density at radius 2 is 1.50 bits per heavy atom. The molecule has 16 heavy (non-hydrogen) atoms. The Bertz CT molecular complexity index is 378. The number of aryl methyl sites for hydroxylation is 1. The van der Waals surface area contributed by atoms with Crippen molar-refractivity contribution in [1.29, 1.82) is 0 Å². The maximum atomic E-state index is 6.69. The van der Waals surface area contributed by atoms with Gasteiger partial charge < -0.3 is 0 Å². The second kappa shape index (κ2) is 4.67. The van der Waals surface area contributed by atoms with Crippen LogP contribution in [-0.2, 0) is 0 Å². The molecule has 1 rings (SSSR count). The minimum absolute atomic E-state index is 1.10. The van der Waals surface area contributed by atoms with Gasteiger partial charge in [0, 0.05) is 0 Å². The molecular formula is C13H23ClSi2. The van der Waals surface area contributed by atoms with E-state index in [2.05, 4.69) is 58.2 Å². The summed E-state index contributed by atoms with van der Waals surface area (Å²) in [5, 5.41) is 2.95. The Morgan fingerprint density at radius 1 is 1.00 bits per heavy atom. The van der Waals surface area contributed by atoms with Crippen LogP contribution in [0.3, 0.4) is 0 Å². The molecule has 0 fully saturated rings. The molecule has 3 heteroatoms. The van der Waals surface area contributed by atoms with Crippen molar-refractivity contribution in [2.45, 2.75) is 46.1 Å². The van der Waals surface area contributed by atoms with Crippen molar-refractivity contribution in [3.63, 3.8) is 0 Å². The van der Waals surface area contributed by atoms with E-state index in [1.54, 1.807) is 0 Å². The van der Waals surface area contributed by atoms with Crippen LogP contribution < -0.4 is 10.4 Å². The van der Waals surface area contributed by atoms with E-state index in [0.29, 0.717) is 0 Å². The second-order valence-electron chi connectivity index (χ2n) is 5.89. The highest BCUT2D eigenvalue weighted by Gasteiger charge is 2.27. The van der Waals surface area contributed by atoms with Crippen LogP contribution in [0.1, 0.15) is 12.5 Å². The molecule has 0 heterocycles. The Kier molecular flexibility index (Phi) is 4.09. The fraction of sp³-hybridized carbons (Fsp3) is 0.538. The minimum atomic E-state index is -1.70. The van der Waals surface area contributed by atoms with E-state index in [1.165, 1.54) is 15.9 Å². The molecule has 0 bridgehead atoms. The quantitative estimate of drug-likeness (QED) is 0.582. The minimum Gasteiger partial charge on any atom is -0.161 e. The first kappa shape index (κ1) is 14.0. The fourth-order valence-electron chi connectivity index (χ4n) is 1.72. The van der Waals surface area contributed by atoms with Gasteiger partial charge in [-0.3, -0.25) is 0 Å². The van der Waals surface area contributed by atoms with Gasteiger partial charge in [-0.2, -0.15) is 11.1 Å². The predicted molar refractivity (Wildman–Crippen MR) is 81.7 cm³/mol. The molecule has 0 aliphatic heterocycles. The first-order chi connectivity index (χ1) is 7.16. The molecule has 1 aromatic rings. The van der Waals surface area contributed by atoms with Gasteiger partial charge in [-0.15, -0.1) is 0 Å². The van der Waals surface area contributed by atoms with Gasteiger partial charge in [0.05, 0.1) is 8.07 Å². The number of hydrogen-bond donors (Lipinski definition) is 0. The maximum Gasteiger partial charge on any atom is 0.183 e. The van der Waals surface area contributed by atoms with Gasteiger partial charge in [-0.25, -0.2) is 0 Å². The van der Waals surface area contributed by atoms with Crippen LogP contribution in [0.5, 0.6) is 0 Å². The monoisotopic (exact) mass is 270 g/mol. The van der Waals surface area contributed by atoms with Crippen molar-refractivity contribution in [2.75, 3.05) is 0 Å². The molecule has 0 aromatic heterocycles. The lowest BCUT2D eigenvalue weighted by atomic mass is 10.2. The SMILES string of the molecule is CC[Si](C)(Cl)c1cc(C)cc([Si](C)(C)C)c1. The van der Waals surface area contributed by atoms with Gasteiger partial charge >= 0.3 is 0 Å². The van der Waals surface area contributed by atoms with Crippen molar-refractivity contribution in [3.8, 4) is 0 Å². The van der Waals surface area contributed by atoms with E-state index in [4.69, 9.17) is 11.1 Å². The lowest BCUT2D eigenvalue weighted by Gasteiger charge is -2.23. The Balaban J connectivity index is 3.29.